The van der Waals surface area contributed by atoms with E-state index in [1.165, 1.54) is 0 Å². The monoisotopic (exact) mass is 354 g/mol. The van der Waals surface area contributed by atoms with Gasteiger partial charge in [0.15, 0.2) is 0 Å². The van der Waals surface area contributed by atoms with Gasteiger partial charge in [0.1, 0.15) is 0 Å². The second kappa shape index (κ2) is 11.1. The van der Waals surface area contributed by atoms with E-state index in [0.717, 1.165) is 38.6 Å². The molecule has 0 aromatic carbocycles. The Morgan fingerprint density at radius 1 is 1.24 bits per heavy atom. The topological polar surface area (TPSA) is 86.7 Å². The number of carboxylic acid groups (broad SMARTS) is 1. The van der Waals surface area contributed by atoms with Crippen LogP contribution in [0.25, 0.3) is 0 Å². The van der Waals surface area contributed by atoms with Crippen LogP contribution in [0.2, 0.25) is 0 Å². The fourth-order valence-electron chi connectivity index (χ4n) is 3.39. The summed E-state index contributed by atoms with van der Waals surface area (Å²) in [7, 11) is 0. The number of nitrogens with one attached hydrogen (secondary N) is 1. The average molecular weight is 354 g/mol. The minimum absolute atomic E-state index is 0.0466. The number of aliphatic carboxylic acids is 1. The molecule has 2 N–H and O–H groups in total. The maximum absolute atomic E-state index is 12.3. The summed E-state index contributed by atoms with van der Waals surface area (Å²) < 4.78 is 0. The zero-order valence-electron chi connectivity index (χ0n) is 15.9. The van der Waals surface area contributed by atoms with Gasteiger partial charge in [-0.3, -0.25) is 14.4 Å². The Kier molecular flexibility index (Phi) is 9.53. The van der Waals surface area contributed by atoms with Crippen molar-refractivity contribution in [3.05, 3.63) is 0 Å². The highest BCUT2D eigenvalue weighted by atomic mass is 16.4. The van der Waals surface area contributed by atoms with Crippen LogP contribution in [0.1, 0.15) is 72.1 Å². The van der Waals surface area contributed by atoms with E-state index in [1.807, 2.05) is 11.8 Å². The van der Waals surface area contributed by atoms with Crippen LogP contribution >= 0.6 is 0 Å². The van der Waals surface area contributed by atoms with Crippen LogP contribution in [0.5, 0.6) is 0 Å². The molecular weight excluding hydrogens is 320 g/mol. The van der Waals surface area contributed by atoms with Crippen molar-refractivity contribution < 1.29 is 19.5 Å². The molecule has 1 heterocycles. The van der Waals surface area contributed by atoms with E-state index in [-0.39, 0.29) is 24.2 Å². The number of carbonyl (C=O) groups excluding carboxylic acids is 2. The van der Waals surface area contributed by atoms with E-state index in [0.29, 0.717) is 25.4 Å². The molecule has 1 fully saturated rings. The summed E-state index contributed by atoms with van der Waals surface area (Å²) in [6.45, 7) is 7.34. The lowest BCUT2D eigenvalue weighted by atomic mass is 9.96. The van der Waals surface area contributed by atoms with Crippen molar-refractivity contribution in [3.63, 3.8) is 0 Å². The molecule has 25 heavy (non-hydrogen) atoms. The van der Waals surface area contributed by atoms with Crippen molar-refractivity contribution in [2.75, 3.05) is 13.1 Å². The van der Waals surface area contributed by atoms with Crippen LogP contribution in [-0.4, -0.2) is 46.9 Å². The van der Waals surface area contributed by atoms with E-state index < -0.39 is 11.9 Å². The van der Waals surface area contributed by atoms with Gasteiger partial charge >= 0.3 is 5.97 Å². The van der Waals surface area contributed by atoms with Crippen LogP contribution in [0.3, 0.4) is 0 Å². The summed E-state index contributed by atoms with van der Waals surface area (Å²) in [5, 5.41) is 11.9. The minimum atomic E-state index is -0.942. The molecule has 1 aliphatic rings. The van der Waals surface area contributed by atoms with Crippen LogP contribution in [-0.2, 0) is 14.4 Å². The Bertz CT molecular complexity index is 453. The van der Waals surface area contributed by atoms with Crippen molar-refractivity contribution in [1.29, 1.82) is 0 Å². The molecule has 6 heteroatoms. The van der Waals surface area contributed by atoms with Gasteiger partial charge in [0.25, 0.3) is 0 Å². The maximum atomic E-state index is 12.3. The number of amides is 2. The van der Waals surface area contributed by atoms with Crippen LogP contribution in [0, 0.1) is 11.8 Å². The van der Waals surface area contributed by atoms with Gasteiger partial charge < -0.3 is 15.3 Å². The van der Waals surface area contributed by atoms with E-state index in [2.05, 4.69) is 19.2 Å². The van der Waals surface area contributed by atoms with Crippen molar-refractivity contribution >= 4 is 17.8 Å². The smallest absolute Gasteiger partial charge is 0.304 e. The van der Waals surface area contributed by atoms with Crippen molar-refractivity contribution in [3.8, 4) is 0 Å². The molecule has 2 amide bonds. The number of carboxylic acids is 1. The number of carbonyl (C=O) groups is 3. The van der Waals surface area contributed by atoms with Gasteiger partial charge in [-0.05, 0) is 32.1 Å². The molecule has 1 saturated heterocycles. The zero-order valence-corrected chi connectivity index (χ0v) is 15.9. The van der Waals surface area contributed by atoms with Crippen LogP contribution in [0.4, 0.5) is 0 Å². The highest BCUT2D eigenvalue weighted by Gasteiger charge is 2.26. The largest absolute Gasteiger partial charge is 0.481 e. The van der Waals surface area contributed by atoms with Gasteiger partial charge in [-0.25, -0.2) is 0 Å². The molecule has 0 aliphatic carbocycles. The van der Waals surface area contributed by atoms with E-state index in [1.54, 1.807) is 0 Å². The Balaban J connectivity index is 2.40. The quantitative estimate of drug-likeness (QED) is 0.559. The molecule has 0 aromatic rings. The highest BCUT2D eigenvalue weighted by molar-refractivity contribution is 5.83. The summed E-state index contributed by atoms with van der Waals surface area (Å²) >= 11 is 0. The number of likely N-dealkylation sites (tertiary alicyclic amines) is 1. The lowest BCUT2D eigenvalue weighted by Crippen LogP contribution is -2.38. The van der Waals surface area contributed by atoms with E-state index in [4.69, 9.17) is 5.11 Å². The highest BCUT2D eigenvalue weighted by Crippen LogP contribution is 2.19. The van der Waals surface area contributed by atoms with Crippen molar-refractivity contribution in [2.45, 2.75) is 78.2 Å². The number of rotatable bonds is 11. The summed E-state index contributed by atoms with van der Waals surface area (Å²) in [6.07, 6.45) is 5.92. The molecule has 0 saturated carbocycles. The SMILES string of the molecule is CCCCCC(CC(=O)O)C(=O)NCC(C)CC(=O)N1CCCC1C. The number of hydrogen-bond acceptors (Lipinski definition) is 3. The first-order valence-electron chi connectivity index (χ1n) is 9.64. The Labute approximate surface area is 151 Å². The molecule has 144 valence electrons. The predicted octanol–water partition coefficient (Wildman–Crippen LogP) is 2.81. The van der Waals surface area contributed by atoms with Gasteiger partial charge in [0, 0.05) is 31.5 Å². The summed E-state index contributed by atoms with van der Waals surface area (Å²) in [6, 6.07) is 0.313. The lowest BCUT2D eigenvalue weighted by Gasteiger charge is -2.23. The second-order valence-corrected chi connectivity index (χ2v) is 7.42. The molecule has 6 nitrogen and oxygen atoms in total. The summed E-state index contributed by atoms with van der Waals surface area (Å²) in [5.41, 5.74) is 0. The predicted molar refractivity (Wildman–Crippen MR) is 97.1 cm³/mol. The van der Waals surface area contributed by atoms with E-state index >= 15 is 0 Å². The third-order valence-electron chi connectivity index (χ3n) is 4.97. The van der Waals surface area contributed by atoms with E-state index in [9.17, 15) is 14.4 Å². The Morgan fingerprint density at radius 3 is 2.52 bits per heavy atom. The van der Waals surface area contributed by atoms with Gasteiger partial charge in [0.05, 0.1) is 6.42 Å². The second-order valence-electron chi connectivity index (χ2n) is 7.42. The zero-order chi connectivity index (χ0) is 18.8. The number of unbranched alkanes of at least 4 members (excludes halogenated alkanes) is 2. The third-order valence-corrected chi connectivity index (χ3v) is 4.97. The number of nitrogens with zero attached hydrogens (tertiary/aromatic N) is 1. The van der Waals surface area contributed by atoms with Crippen LogP contribution in [0.15, 0.2) is 0 Å². The van der Waals surface area contributed by atoms with Crippen molar-refractivity contribution in [1.82, 2.24) is 10.2 Å². The molecular formula is C19H34N2O4. The minimum Gasteiger partial charge on any atom is -0.481 e. The first-order valence-corrected chi connectivity index (χ1v) is 9.64. The molecule has 0 bridgehead atoms. The van der Waals surface area contributed by atoms with Crippen LogP contribution < -0.4 is 5.32 Å². The van der Waals surface area contributed by atoms with Gasteiger partial charge in [-0.1, -0.05) is 33.1 Å². The standard InChI is InChI=1S/C19H34N2O4/c1-4-5-6-9-16(12-18(23)24)19(25)20-13-14(2)11-17(22)21-10-7-8-15(21)3/h14-16H,4-13H2,1-3H3,(H,20,25)(H,23,24). The maximum Gasteiger partial charge on any atom is 0.304 e. The summed E-state index contributed by atoms with van der Waals surface area (Å²) in [4.78, 5) is 37.5. The normalized spacial score (nSPS) is 19.5. The van der Waals surface area contributed by atoms with Gasteiger partial charge in [-0.2, -0.15) is 0 Å². The first kappa shape index (κ1) is 21.5. The van der Waals surface area contributed by atoms with Gasteiger partial charge in [-0.15, -0.1) is 0 Å². The van der Waals surface area contributed by atoms with Gasteiger partial charge in [0.2, 0.25) is 11.8 Å². The van der Waals surface area contributed by atoms with Crippen molar-refractivity contribution in [2.24, 2.45) is 11.8 Å². The molecule has 3 atom stereocenters. The fourth-order valence-corrected chi connectivity index (χ4v) is 3.39. The molecule has 1 aliphatic heterocycles. The first-order chi connectivity index (χ1) is 11.8. The fraction of sp³-hybridized carbons (Fsp3) is 0.842. The lowest BCUT2D eigenvalue weighted by molar-refractivity contribution is -0.141. The molecule has 3 unspecified atom stereocenters. The molecule has 0 aromatic heterocycles. The Morgan fingerprint density at radius 2 is 1.96 bits per heavy atom. The molecule has 1 rings (SSSR count). The molecule has 0 spiro atoms. The third kappa shape index (κ3) is 7.88. The summed E-state index contributed by atoms with van der Waals surface area (Å²) in [5.74, 6) is -1.43. The molecule has 0 radical (unpaired) electrons. The number of hydrogen-bond donors (Lipinski definition) is 2. The average Bonchev–Trinajstić information content (AvgIpc) is 2.97. The Hall–Kier alpha value is -1.59.